The number of anilines is 6. The molecule has 354 valence electrons. The molecule has 2 aliphatic rings. The van der Waals surface area contributed by atoms with E-state index in [1.54, 1.807) is 12.7 Å². The number of para-hydroxylation sites is 6. The van der Waals surface area contributed by atoms with E-state index in [2.05, 4.69) is 101 Å². The predicted octanol–water partition coefficient (Wildman–Crippen LogP) is 14.9. The Morgan fingerprint density at radius 1 is 0.457 bits per heavy atom. The zero-order valence-corrected chi connectivity index (χ0v) is 42.7. The molecule has 0 radical (unpaired) electrons. The van der Waals surface area contributed by atoms with E-state index in [1.165, 1.54) is 0 Å². The summed E-state index contributed by atoms with van der Waals surface area (Å²) in [6.07, 6.45) is 6.83. The topological polar surface area (TPSA) is 91.7 Å². The second-order valence-electron chi connectivity index (χ2n) is 15.4. The van der Waals surface area contributed by atoms with Gasteiger partial charge in [0, 0.05) is 65.9 Å². The molecule has 12 heteroatoms. The number of nitrogens with zero attached hydrogens (tertiary/aromatic N) is 10. The third-order valence-electron chi connectivity index (χ3n) is 10.8. The summed E-state index contributed by atoms with van der Waals surface area (Å²) in [5.74, 6) is 1.90. The van der Waals surface area contributed by atoms with E-state index in [0.29, 0.717) is 0 Å². The van der Waals surface area contributed by atoms with Crippen molar-refractivity contribution < 1.29 is 42.1 Å². The average Bonchev–Trinajstić information content (AvgIpc) is 3.94. The first kappa shape index (κ1) is 50.2. The van der Waals surface area contributed by atoms with Gasteiger partial charge in [-0.25, -0.2) is 9.97 Å². The van der Waals surface area contributed by atoms with Crippen molar-refractivity contribution in [3.05, 3.63) is 255 Å². The van der Waals surface area contributed by atoms with Crippen LogP contribution in [-0.4, -0.2) is 36.7 Å². The van der Waals surface area contributed by atoms with Crippen LogP contribution in [0.2, 0.25) is 0 Å². The van der Waals surface area contributed by atoms with E-state index < -0.39 is 0 Å². The van der Waals surface area contributed by atoms with Crippen molar-refractivity contribution in [2.75, 3.05) is 33.7 Å². The Bertz CT molecular complexity index is 2880. The summed E-state index contributed by atoms with van der Waals surface area (Å²) >= 11 is 0. The third kappa shape index (κ3) is 12.5. The molecule has 0 saturated heterocycles. The minimum atomic E-state index is 0. The molecule has 4 heterocycles. The fraction of sp³-hybridized carbons (Fsp3) is 0.0345. The van der Waals surface area contributed by atoms with E-state index >= 15 is 0 Å². The number of hydrogen-bond acceptors (Lipinski definition) is 8. The number of aromatic nitrogens is 2. The van der Waals surface area contributed by atoms with Gasteiger partial charge >= 0.3 is 0 Å². The molecular formula is C58H46N10Pt2-6. The van der Waals surface area contributed by atoms with Gasteiger partial charge in [-0.15, -0.1) is 11.4 Å². The molecule has 0 bridgehead atoms. The molecule has 0 saturated carbocycles. The van der Waals surface area contributed by atoms with Gasteiger partial charge in [-0.1, -0.05) is 140 Å². The average molecular weight is 1270 g/mol. The van der Waals surface area contributed by atoms with Crippen LogP contribution in [0.3, 0.4) is 0 Å². The molecule has 7 aromatic carbocycles. The van der Waals surface area contributed by atoms with Crippen molar-refractivity contribution in [1.29, 1.82) is 0 Å². The minimum absolute atomic E-state index is 0. The van der Waals surface area contributed by atoms with Crippen molar-refractivity contribution in [1.82, 2.24) is 9.97 Å². The van der Waals surface area contributed by atoms with Crippen LogP contribution in [0.1, 0.15) is 0 Å². The Morgan fingerprint density at radius 2 is 0.871 bits per heavy atom. The van der Waals surface area contributed by atoms with E-state index in [0.717, 1.165) is 79.4 Å². The smallest absolute Gasteiger partial charge is 0.124 e. The van der Waals surface area contributed by atoms with Crippen molar-refractivity contribution in [2.45, 2.75) is 0 Å². The van der Waals surface area contributed by atoms with Gasteiger partial charge in [-0.2, -0.15) is 74.0 Å². The predicted molar refractivity (Wildman–Crippen MR) is 281 cm³/mol. The summed E-state index contributed by atoms with van der Waals surface area (Å²) < 4.78 is 0. The first-order valence-corrected chi connectivity index (χ1v) is 22.0. The summed E-state index contributed by atoms with van der Waals surface area (Å²) in [6, 6.07) is 74.4. The van der Waals surface area contributed by atoms with Crippen molar-refractivity contribution in [3.63, 3.8) is 0 Å². The fourth-order valence-electron chi connectivity index (χ4n) is 7.56. The van der Waals surface area contributed by atoms with Crippen LogP contribution >= 0.6 is 0 Å². The monoisotopic (exact) mass is 1270 g/mol. The van der Waals surface area contributed by atoms with Crippen molar-refractivity contribution in [2.24, 2.45) is 9.98 Å². The van der Waals surface area contributed by atoms with Crippen LogP contribution in [0.25, 0.3) is 32.9 Å². The largest absolute Gasteiger partial charge is 0.502 e. The number of pyridine rings is 2. The van der Waals surface area contributed by atoms with E-state index in [-0.39, 0.29) is 42.1 Å². The number of aliphatic imine (C=N–C) groups is 2. The maximum absolute atomic E-state index is 4.64. The summed E-state index contributed by atoms with van der Waals surface area (Å²) in [5, 5.41) is 9.28. The molecule has 2 aliphatic heterocycles. The van der Waals surface area contributed by atoms with Gasteiger partial charge in [-0.3, -0.25) is 0 Å². The molecule has 0 atom stereocenters. The van der Waals surface area contributed by atoms with Crippen LogP contribution in [0.15, 0.2) is 229 Å². The molecule has 0 aliphatic carbocycles. The second-order valence-corrected chi connectivity index (χ2v) is 15.4. The Labute approximate surface area is 439 Å². The summed E-state index contributed by atoms with van der Waals surface area (Å²) in [6.45, 7) is 4.03. The van der Waals surface area contributed by atoms with Crippen LogP contribution < -0.4 is 19.6 Å². The first-order valence-electron chi connectivity index (χ1n) is 22.0. The van der Waals surface area contributed by atoms with Gasteiger partial charge in [0.2, 0.25) is 0 Å². The second kappa shape index (κ2) is 25.1. The van der Waals surface area contributed by atoms with E-state index in [4.69, 9.17) is 0 Å². The van der Waals surface area contributed by atoms with Gasteiger partial charge in [-0.05, 0) is 89.4 Å². The molecule has 0 spiro atoms. The van der Waals surface area contributed by atoms with Gasteiger partial charge in [0.05, 0.1) is 0 Å². The Morgan fingerprint density at radius 3 is 1.30 bits per heavy atom. The third-order valence-corrected chi connectivity index (χ3v) is 10.8. The molecule has 11 rings (SSSR count). The molecule has 70 heavy (non-hydrogen) atoms. The Balaban J connectivity index is 0.000000175. The van der Waals surface area contributed by atoms with Gasteiger partial charge in [0.25, 0.3) is 0 Å². The van der Waals surface area contributed by atoms with E-state index in [1.807, 2.05) is 207 Å². The number of benzene rings is 7. The Hall–Kier alpha value is -7.64. The molecule has 9 aromatic rings. The van der Waals surface area contributed by atoms with Crippen molar-refractivity contribution in [3.8, 4) is 22.3 Å². The van der Waals surface area contributed by atoms with Gasteiger partial charge in [0.15, 0.2) is 0 Å². The molecule has 10 nitrogen and oxygen atoms in total. The maximum atomic E-state index is 4.64. The molecule has 0 unspecified atom stereocenters. The molecule has 0 N–H and O–H groups in total. The van der Waals surface area contributed by atoms with Gasteiger partial charge in [0.1, 0.15) is 11.6 Å². The number of hydrogen-bond donors (Lipinski definition) is 0. The van der Waals surface area contributed by atoms with Crippen LogP contribution in [0, 0.1) is 25.5 Å². The summed E-state index contributed by atoms with van der Waals surface area (Å²) in [5.41, 5.74) is 11.9. The maximum Gasteiger partial charge on any atom is 0.124 e. The number of rotatable bonds is 10. The zero-order chi connectivity index (χ0) is 46.3. The van der Waals surface area contributed by atoms with Crippen LogP contribution in [0.4, 0.5) is 57.1 Å². The van der Waals surface area contributed by atoms with Crippen LogP contribution in [0.5, 0.6) is 0 Å². The molecule has 2 aromatic heterocycles. The number of fused-ring (bicyclic) bond motifs is 2. The molecule has 0 amide bonds. The quantitative estimate of drug-likeness (QED) is 0.0770. The molecule has 0 fully saturated rings. The first-order chi connectivity index (χ1) is 33.6. The van der Waals surface area contributed by atoms with Crippen LogP contribution in [-0.2, 0) is 42.1 Å². The standard InChI is InChI=1S/C32H24N4.2C13H11N3.2Pt/c1-3-14-27(15-4-1)33-23-35-31-20-9-7-18-29(31)25-12-11-13-26(22-25)30-19-8-10-21-32(30)36-24-34-28-16-5-2-6-17-28;2*1-15-10-16(11-6-3-2-4-7-11)13-12(15)8-5-9-14-13;;/h1-24H;2*2-6,8-10H,1H3;;/q3*-2;;. The zero-order valence-electron chi connectivity index (χ0n) is 38.2. The van der Waals surface area contributed by atoms with E-state index in [9.17, 15) is 0 Å². The van der Waals surface area contributed by atoms with Crippen molar-refractivity contribution >= 4 is 69.8 Å². The molecular weight excluding hydrogens is 1230 g/mol. The summed E-state index contributed by atoms with van der Waals surface area (Å²) in [7, 11) is 4.03. The minimum Gasteiger partial charge on any atom is -0.502 e. The summed E-state index contributed by atoms with van der Waals surface area (Å²) in [4.78, 5) is 25.9. The van der Waals surface area contributed by atoms with Gasteiger partial charge < -0.3 is 40.2 Å². The fourth-order valence-corrected chi connectivity index (χ4v) is 7.56. The Kier molecular flexibility index (Phi) is 18.0. The SMILES string of the molecule is C(=Nc1ccccc1)[N-]c1ccccc1-c1cccc(-c2ccccc2[N-]C=Nc2ccccc2)c1.CN1[CH-]N(c2[c-]cccc2)c2ncccc21.CN1[CH-]N(c2[c-]cccc2)c2ncccc21.[Pt].[Pt]. The normalized spacial score (nSPS) is 12.1.